The van der Waals surface area contributed by atoms with Gasteiger partial charge in [-0.2, -0.15) is 0 Å². The number of nitrogens with two attached hydrogens (primary N) is 1. The van der Waals surface area contributed by atoms with Gasteiger partial charge in [-0.25, -0.2) is 0 Å². The fourth-order valence-electron chi connectivity index (χ4n) is 3.52. The summed E-state index contributed by atoms with van der Waals surface area (Å²) in [7, 11) is 0. The lowest BCUT2D eigenvalue weighted by Gasteiger charge is -2.46. The number of fused-ring (bicyclic) bond motifs is 1. The van der Waals surface area contributed by atoms with Crippen LogP contribution in [-0.4, -0.2) is 17.4 Å². The molecular weight excluding hydrogens is 224 g/mol. The number of carbonyl (C=O) groups excluding carboxylic acids is 1. The van der Waals surface area contributed by atoms with Crippen molar-refractivity contribution in [2.24, 2.45) is 17.1 Å². The normalized spacial score (nSPS) is 29.9. The van der Waals surface area contributed by atoms with Gasteiger partial charge in [0.1, 0.15) is 0 Å². The van der Waals surface area contributed by atoms with Gasteiger partial charge >= 0.3 is 0 Å². The van der Waals surface area contributed by atoms with E-state index in [1.807, 2.05) is 17.0 Å². The topological polar surface area (TPSA) is 46.3 Å². The summed E-state index contributed by atoms with van der Waals surface area (Å²) in [6.07, 6.45) is 1.91. The minimum Gasteiger partial charge on any atom is -0.333 e. The molecule has 96 valence electrons. The van der Waals surface area contributed by atoms with E-state index >= 15 is 0 Å². The molecule has 2 N–H and O–H groups in total. The maximum Gasteiger partial charge on any atom is 0.230 e. The number of hydrogen-bond acceptors (Lipinski definition) is 2. The average molecular weight is 244 g/mol. The van der Waals surface area contributed by atoms with Crippen LogP contribution in [0.25, 0.3) is 0 Å². The molecule has 1 fully saturated rings. The van der Waals surface area contributed by atoms with E-state index in [1.54, 1.807) is 0 Å². The van der Waals surface area contributed by atoms with E-state index in [0.29, 0.717) is 12.5 Å². The predicted molar refractivity (Wildman–Crippen MR) is 70.6 cm³/mol. The maximum atomic E-state index is 12.6. The van der Waals surface area contributed by atoms with Crippen LogP contribution in [0.4, 0.5) is 0 Å². The minimum atomic E-state index is -0.262. The molecule has 0 atom stereocenters. The summed E-state index contributed by atoms with van der Waals surface area (Å²) in [6.45, 7) is 4.19. The highest BCUT2D eigenvalue weighted by molar-refractivity contribution is 5.84. The standard InChI is InChI=1S/C15H20N2O/c1-11-6-15(7-11,10-16)14(18)17-8-12-4-2-3-5-13(12)9-17/h2-5,11H,6-10,16H2,1H3. The van der Waals surface area contributed by atoms with E-state index < -0.39 is 0 Å². The lowest BCUT2D eigenvalue weighted by molar-refractivity contribution is -0.150. The third-order valence-electron chi connectivity index (χ3n) is 4.45. The Bertz CT molecular complexity index is 452. The van der Waals surface area contributed by atoms with Gasteiger partial charge < -0.3 is 10.6 Å². The van der Waals surface area contributed by atoms with Crippen LogP contribution >= 0.6 is 0 Å². The summed E-state index contributed by atoms with van der Waals surface area (Å²) in [5.74, 6) is 0.904. The molecule has 0 bridgehead atoms. The lowest BCUT2D eigenvalue weighted by atomic mass is 9.62. The van der Waals surface area contributed by atoms with Crippen molar-refractivity contribution in [3.63, 3.8) is 0 Å². The first-order chi connectivity index (χ1) is 8.64. The van der Waals surface area contributed by atoms with Gasteiger partial charge in [0.05, 0.1) is 5.41 Å². The van der Waals surface area contributed by atoms with Gasteiger partial charge in [-0.3, -0.25) is 4.79 Å². The lowest BCUT2D eigenvalue weighted by Crippen LogP contribution is -2.53. The second-order valence-electron chi connectivity index (χ2n) is 5.93. The van der Waals surface area contributed by atoms with Gasteiger partial charge in [-0.1, -0.05) is 31.2 Å². The number of hydrogen-bond donors (Lipinski definition) is 1. The third-order valence-corrected chi connectivity index (χ3v) is 4.45. The molecule has 1 saturated carbocycles. The van der Waals surface area contributed by atoms with Crippen molar-refractivity contribution in [3.05, 3.63) is 35.4 Å². The van der Waals surface area contributed by atoms with Crippen LogP contribution in [0.15, 0.2) is 24.3 Å². The zero-order chi connectivity index (χ0) is 12.8. The van der Waals surface area contributed by atoms with Crippen LogP contribution in [0.1, 0.15) is 30.9 Å². The molecule has 1 aliphatic heterocycles. The third kappa shape index (κ3) is 1.65. The Kier molecular flexibility index (Phi) is 2.67. The largest absolute Gasteiger partial charge is 0.333 e. The van der Waals surface area contributed by atoms with E-state index in [9.17, 15) is 4.79 Å². The quantitative estimate of drug-likeness (QED) is 0.863. The Morgan fingerprint density at radius 1 is 1.33 bits per heavy atom. The monoisotopic (exact) mass is 244 g/mol. The van der Waals surface area contributed by atoms with Crippen LogP contribution < -0.4 is 5.73 Å². The Hall–Kier alpha value is -1.35. The molecule has 0 saturated heterocycles. The van der Waals surface area contributed by atoms with Gasteiger partial charge in [-0.15, -0.1) is 0 Å². The molecule has 1 aromatic rings. The molecule has 0 radical (unpaired) electrons. The highest BCUT2D eigenvalue weighted by atomic mass is 16.2. The maximum absolute atomic E-state index is 12.6. The molecule has 3 heteroatoms. The summed E-state index contributed by atoms with van der Waals surface area (Å²) in [5.41, 5.74) is 8.16. The Balaban J connectivity index is 1.76. The minimum absolute atomic E-state index is 0.262. The summed E-state index contributed by atoms with van der Waals surface area (Å²) in [4.78, 5) is 14.6. The molecule has 3 nitrogen and oxygen atoms in total. The first-order valence-electron chi connectivity index (χ1n) is 6.71. The van der Waals surface area contributed by atoms with Crippen LogP contribution in [0.2, 0.25) is 0 Å². The predicted octanol–water partition coefficient (Wildman–Crippen LogP) is 1.90. The first kappa shape index (κ1) is 11.7. The number of amides is 1. The van der Waals surface area contributed by atoms with Gasteiger partial charge in [0.2, 0.25) is 5.91 Å². The summed E-state index contributed by atoms with van der Waals surface area (Å²) >= 11 is 0. The molecule has 1 aliphatic carbocycles. The molecule has 2 aliphatic rings. The fourth-order valence-corrected chi connectivity index (χ4v) is 3.52. The van der Waals surface area contributed by atoms with E-state index in [-0.39, 0.29) is 11.3 Å². The molecule has 3 rings (SSSR count). The fraction of sp³-hybridized carbons (Fsp3) is 0.533. The average Bonchev–Trinajstić information content (AvgIpc) is 2.77. The SMILES string of the molecule is CC1CC(CN)(C(=O)N2Cc3ccccc3C2)C1. The first-order valence-corrected chi connectivity index (χ1v) is 6.71. The Labute approximate surface area is 108 Å². The van der Waals surface area contributed by atoms with Gasteiger partial charge in [0.15, 0.2) is 0 Å². The molecule has 1 heterocycles. The van der Waals surface area contributed by atoms with Crippen LogP contribution in [0, 0.1) is 11.3 Å². The second-order valence-corrected chi connectivity index (χ2v) is 5.93. The van der Waals surface area contributed by atoms with Crippen molar-refractivity contribution in [1.29, 1.82) is 0 Å². The summed E-state index contributed by atoms with van der Waals surface area (Å²) in [6, 6.07) is 8.30. The Morgan fingerprint density at radius 2 is 1.89 bits per heavy atom. The second kappa shape index (κ2) is 4.09. The van der Waals surface area contributed by atoms with Crippen molar-refractivity contribution in [3.8, 4) is 0 Å². The zero-order valence-corrected chi connectivity index (χ0v) is 10.9. The van der Waals surface area contributed by atoms with Gasteiger partial charge in [0, 0.05) is 19.6 Å². The van der Waals surface area contributed by atoms with Crippen molar-refractivity contribution in [2.75, 3.05) is 6.54 Å². The van der Waals surface area contributed by atoms with Crippen molar-refractivity contribution < 1.29 is 4.79 Å². The number of rotatable bonds is 2. The highest BCUT2D eigenvalue weighted by Crippen LogP contribution is 2.46. The van der Waals surface area contributed by atoms with E-state index in [0.717, 1.165) is 25.9 Å². The molecular formula is C15H20N2O. The van der Waals surface area contributed by atoms with Crippen molar-refractivity contribution in [2.45, 2.75) is 32.9 Å². The smallest absolute Gasteiger partial charge is 0.230 e. The van der Waals surface area contributed by atoms with Crippen molar-refractivity contribution in [1.82, 2.24) is 4.90 Å². The molecule has 0 aromatic heterocycles. The molecule has 1 amide bonds. The van der Waals surface area contributed by atoms with Crippen LogP contribution in [-0.2, 0) is 17.9 Å². The van der Waals surface area contributed by atoms with Crippen molar-refractivity contribution >= 4 is 5.91 Å². The van der Waals surface area contributed by atoms with E-state index in [1.165, 1.54) is 11.1 Å². The van der Waals surface area contributed by atoms with Crippen LogP contribution in [0.3, 0.4) is 0 Å². The number of carbonyl (C=O) groups is 1. The number of benzene rings is 1. The number of nitrogens with zero attached hydrogens (tertiary/aromatic N) is 1. The molecule has 18 heavy (non-hydrogen) atoms. The molecule has 0 unspecified atom stereocenters. The molecule has 1 aromatic carbocycles. The summed E-state index contributed by atoms with van der Waals surface area (Å²) in [5, 5.41) is 0. The van der Waals surface area contributed by atoms with E-state index in [2.05, 4.69) is 19.1 Å². The Morgan fingerprint density at radius 3 is 2.33 bits per heavy atom. The highest BCUT2D eigenvalue weighted by Gasteiger charge is 2.49. The van der Waals surface area contributed by atoms with Gasteiger partial charge in [-0.05, 0) is 29.9 Å². The van der Waals surface area contributed by atoms with Gasteiger partial charge in [0.25, 0.3) is 0 Å². The molecule has 0 spiro atoms. The zero-order valence-electron chi connectivity index (χ0n) is 10.9. The summed E-state index contributed by atoms with van der Waals surface area (Å²) < 4.78 is 0. The van der Waals surface area contributed by atoms with Crippen LogP contribution in [0.5, 0.6) is 0 Å². The van der Waals surface area contributed by atoms with E-state index in [4.69, 9.17) is 5.73 Å².